The Morgan fingerprint density at radius 3 is 2.79 bits per heavy atom. The zero-order valence-corrected chi connectivity index (χ0v) is 9.34. The van der Waals surface area contributed by atoms with Crippen molar-refractivity contribution in [2.24, 2.45) is 0 Å². The molecule has 3 heteroatoms. The number of imidazole rings is 1. The maximum absolute atomic E-state index is 6.02. The lowest BCUT2D eigenvalue weighted by atomic mass is 10.2. The van der Waals surface area contributed by atoms with Gasteiger partial charge in [0.05, 0.1) is 5.69 Å². The smallest absolute Gasteiger partial charge is 0.141 e. The molecule has 2 nitrogen and oxygen atoms in total. The van der Waals surface area contributed by atoms with Crippen molar-refractivity contribution in [2.75, 3.05) is 0 Å². The number of pyridine rings is 1. The van der Waals surface area contributed by atoms with Crippen LogP contribution in [0, 0.1) is 6.92 Å². The van der Waals surface area contributed by atoms with E-state index in [0.29, 0.717) is 5.92 Å². The number of aryl methyl sites for hydroxylation is 1. The summed E-state index contributed by atoms with van der Waals surface area (Å²) in [4.78, 5) is 4.55. The van der Waals surface area contributed by atoms with Crippen molar-refractivity contribution in [3.05, 3.63) is 34.7 Å². The Morgan fingerprint density at radius 1 is 1.43 bits per heavy atom. The third-order valence-corrected chi connectivity index (χ3v) is 2.83. The molecule has 0 N–H and O–H groups in total. The van der Waals surface area contributed by atoms with Gasteiger partial charge in [-0.2, -0.15) is 0 Å². The molecule has 0 unspecified atom stereocenters. The van der Waals surface area contributed by atoms with Crippen LogP contribution in [0.1, 0.15) is 31.0 Å². The molecule has 14 heavy (non-hydrogen) atoms. The first-order chi connectivity index (χ1) is 6.59. The second kappa shape index (κ2) is 3.28. The molecule has 0 saturated carbocycles. The number of aromatic nitrogens is 2. The number of hydrogen-bond acceptors (Lipinski definition) is 1. The van der Waals surface area contributed by atoms with Crippen LogP contribution in [0.3, 0.4) is 0 Å². The van der Waals surface area contributed by atoms with Crippen LogP contribution >= 0.6 is 11.6 Å². The van der Waals surface area contributed by atoms with E-state index in [9.17, 15) is 0 Å². The maximum atomic E-state index is 6.02. The van der Waals surface area contributed by atoms with Crippen molar-refractivity contribution in [2.45, 2.75) is 26.7 Å². The third-order valence-electron chi connectivity index (χ3n) is 2.42. The van der Waals surface area contributed by atoms with Crippen molar-refractivity contribution in [3.8, 4) is 0 Å². The largest absolute Gasteiger partial charge is 0.306 e. The van der Waals surface area contributed by atoms with E-state index >= 15 is 0 Å². The summed E-state index contributed by atoms with van der Waals surface area (Å²) in [5.41, 5.74) is 3.11. The molecule has 2 rings (SSSR count). The topological polar surface area (TPSA) is 17.3 Å². The molecular weight excluding hydrogens is 196 g/mol. The average Bonchev–Trinajstić information content (AvgIpc) is 2.56. The lowest BCUT2D eigenvalue weighted by Gasteiger charge is -1.98. The van der Waals surface area contributed by atoms with Gasteiger partial charge in [-0.1, -0.05) is 25.4 Å². The van der Waals surface area contributed by atoms with E-state index in [4.69, 9.17) is 11.6 Å². The predicted molar refractivity (Wildman–Crippen MR) is 59.0 cm³/mol. The van der Waals surface area contributed by atoms with E-state index in [1.54, 1.807) is 0 Å². The summed E-state index contributed by atoms with van der Waals surface area (Å²) in [5.74, 6) is 0.452. The Hall–Kier alpha value is -1.02. The van der Waals surface area contributed by atoms with Crippen LogP contribution in [0.25, 0.3) is 5.65 Å². The standard InChI is InChI=1S/C11H13ClN2/c1-7(2)10-6-14-5-4-9(12)8(3)11(14)13-10/h4-7H,1-3H3. The number of hydrogen-bond donors (Lipinski definition) is 0. The molecule has 0 atom stereocenters. The summed E-state index contributed by atoms with van der Waals surface area (Å²) < 4.78 is 2.02. The van der Waals surface area contributed by atoms with Gasteiger partial charge in [-0.3, -0.25) is 0 Å². The second-order valence-corrected chi connectivity index (χ2v) is 4.25. The van der Waals surface area contributed by atoms with Gasteiger partial charge in [-0.25, -0.2) is 4.98 Å². The number of nitrogens with zero attached hydrogens (tertiary/aromatic N) is 2. The molecule has 0 aliphatic rings. The van der Waals surface area contributed by atoms with Gasteiger partial charge in [-0.15, -0.1) is 0 Å². The van der Waals surface area contributed by atoms with E-state index < -0.39 is 0 Å². The van der Waals surface area contributed by atoms with E-state index in [0.717, 1.165) is 21.9 Å². The Morgan fingerprint density at radius 2 is 2.14 bits per heavy atom. The first kappa shape index (κ1) is 9.53. The molecule has 2 heterocycles. The molecule has 0 aliphatic heterocycles. The number of rotatable bonds is 1. The van der Waals surface area contributed by atoms with Crippen LogP contribution in [-0.4, -0.2) is 9.38 Å². The molecule has 0 amide bonds. The monoisotopic (exact) mass is 208 g/mol. The fourth-order valence-electron chi connectivity index (χ4n) is 1.46. The molecule has 2 aromatic heterocycles. The quantitative estimate of drug-likeness (QED) is 0.702. The van der Waals surface area contributed by atoms with Gasteiger partial charge < -0.3 is 4.40 Å². The molecule has 0 aliphatic carbocycles. The Bertz CT molecular complexity index is 471. The zero-order valence-electron chi connectivity index (χ0n) is 8.58. The zero-order chi connectivity index (χ0) is 10.3. The fraction of sp³-hybridized carbons (Fsp3) is 0.364. The van der Waals surface area contributed by atoms with E-state index in [1.807, 2.05) is 23.6 Å². The van der Waals surface area contributed by atoms with Crippen molar-refractivity contribution in [3.63, 3.8) is 0 Å². The molecule has 0 bridgehead atoms. The van der Waals surface area contributed by atoms with Gasteiger partial charge in [0.25, 0.3) is 0 Å². The summed E-state index contributed by atoms with van der Waals surface area (Å²) in [5, 5.41) is 0.776. The molecule has 0 spiro atoms. The summed E-state index contributed by atoms with van der Waals surface area (Å²) in [6.45, 7) is 6.27. The Kier molecular flexibility index (Phi) is 2.23. The van der Waals surface area contributed by atoms with E-state index in [-0.39, 0.29) is 0 Å². The molecule has 0 radical (unpaired) electrons. The van der Waals surface area contributed by atoms with Gasteiger partial charge in [0.1, 0.15) is 5.65 Å². The highest BCUT2D eigenvalue weighted by Gasteiger charge is 2.08. The van der Waals surface area contributed by atoms with Crippen LogP contribution in [-0.2, 0) is 0 Å². The van der Waals surface area contributed by atoms with Gasteiger partial charge in [0.2, 0.25) is 0 Å². The first-order valence-electron chi connectivity index (χ1n) is 4.73. The van der Waals surface area contributed by atoms with Crippen LogP contribution < -0.4 is 0 Å². The highest BCUT2D eigenvalue weighted by molar-refractivity contribution is 6.31. The van der Waals surface area contributed by atoms with Crippen LogP contribution in [0.2, 0.25) is 5.02 Å². The van der Waals surface area contributed by atoms with E-state index in [2.05, 4.69) is 25.0 Å². The number of halogens is 1. The summed E-state index contributed by atoms with van der Waals surface area (Å²) >= 11 is 6.02. The second-order valence-electron chi connectivity index (χ2n) is 3.84. The van der Waals surface area contributed by atoms with Gasteiger partial charge >= 0.3 is 0 Å². The molecule has 0 saturated heterocycles. The normalized spacial score (nSPS) is 11.5. The van der Waals surface area contributed by atoms with Crippen molar-refractivity contribution >= 4 is 17.2 Å². The van der Waals surface area contributed by atoms with Gasteiger partial charge in [0.15, 0.2) is 0 Å². The molecule has 0 aromatic carbocycles. The molecular formula is C11H13ClN2. The maximum Gasteiger partial charge on any atom is 0.141 e. The number of fused-ring (bicyclic) bond motifs is 1. The summed E-state index contributed by atoms with van der Waals surface area (Å²) in [6, 6.07) is 1.90. The highest BCUT2D eigenvalue weighted by atomic mass is 35.5. The summed E-state index contributed by atoms with van der Waals surface area (Å²) in [7, 11) is 0. The van der Waals surface area contributed by atoms with Crippen LogP contribution in [0.15, 0.2) is 18.5 Å². The lowest BCUT2D eigenvalue weighted by Crippen LogP contribution is -1.87. The minimum Gasteiger partial charge on any atom is -0.306 e. The lowest BCUT2D eigenvalue weighted by molar-refractivity contribution is 0.834. The molecule has 0 fully saturated rings. The Balaban J connectivity index is 2.71. The van der Waals surface area contributed by atoms with Crippen molar-refractivity contribution in [1.82, 2.24) is 9.38 Å². The van der Waals surface area contributed by atoms with Crippen molar-refractivity contribution < 1.29 is 0 Å². The minimum atomic E-state index is 0.452. The minimum absolute atomic E-state index is 0.452. The molecule has 2 aromatic rings. The average molecular weight is 209 g/mol. The van der Waals surface area contributed by atoms with Crippen molar-refractivity contribution in [1.29, 1.82) is 0 Å². The van der Waals surface area contributed by atoms with Gasteiger partial charge in [-0.05, 0) is 18.9 Å². The molecule has 74 valence electrons. The third kappa shape index (κ3) is 1.40. The van der Waals surface area contributed by atoms with Gasteiger partial charge in [0, 0.05) is 23.0 Å². The SMILES string of the molecule is Cc1c(Cl)ccn2cc(C(C)C)nc12. The fourth-order valence-corrected chi connectivity index (χ4v) is 1.60. The Labute approximate surface area is 88.5 Å². The highest BCUT2D eigenvalue weighted by Crippen LogP contribution is 2.21. The van der Waals surface area contributed by atoms with Crippen LogP contribution in [0.5, 0.6) is 0 Å². The first-order valence-corrected chi connectivity index (χ1v) is 5.11. The predicted octanol–water partition coefficient (Wildman–Crippen LogP) is 3.42. The summed E-state index contributed by atoms with van der Waals surface area (Å²) in [6.07, 6.45) is 4.01. The van der Waals surface area contributed by atoms with Crippen LogP contribution in [0.4, 0.5) is 0 Å². The van der Waals surface area contributed by atoms with E-state index in [1.165, 1.54) is 0 Å².